The van der Waals surface area contributed by atoms with E-state index in [4.69, 9.17) is 15.4 Å². The molecule has 0 unspecified atom stereocenters. The molecule has 50 heavy (non-hydrogen) atoms. The van der Waals surface area contributed by atoms with Crippen LogP contribution in [0.5, 0.6) is 0 Å². The zero-order valence-corrected chi connectivity index (χ0v) is 32.5. The van der Waals surface area contributed by atoms with Crippen LogP contribution in [0.3, 0.4) is 0 Å². The second kappa shape index (κ2) is 15.5. The van der Waals surface area contributed by atoms with Gasteiger partial charge in [-0.15, -0.1) is 53.1 Å². The fourth-order valence-electron chi connectivity index (χ4n) is 7.56. The van der Waals surface area contributed by atoms with Gasteiger partial charge in [0.05, 0.1) is 5.58 Å². The van der Waals surface area contributed by atoms with Gasteiger partial charge in [-0.2, -0.15) is 0 Å². The van der Waals surface area contributed by atoms with E-state index in [2.05, 4.69) is 22.1 Å². The Labute approximate surface area is 326 Å². The minimum atomic E-state index is -2.40. The SMILES string of the molecule is [2H]C([2H])([2H])c1c[c-]c(-c2ccccn2)cc1.[2H]C([2H])([2H])c1cnc(-c2[c-]c(C([2H])([2H])[Si](C)(C)C)cc3c2oc2ccccc23)cc1C1([2H])CCC2(CCCCC2)CC1.[Ir]. The van der Waals surface area contributed by atoms with E-state index in [1.807, 2.05) is 68.2 Å². The molecule has 0 amide bonds. The zero-order chi connectivity index (χ0) is 41.7. The fraction of sp³-hybridized carbons (Fsp3) is 0.378. The van der Waals surface area contributed by atoms with Crippen LogP contribution in [0.4, 0.5) is 0 Å². The number of aromatic nitrogens is 2. The van der Waals surface area contributed by atoms with Crippen LogP contribution >= 0.6 is 0 Å². The number of rotatable bonds is 5. The van der Waals surface area contributed by atoms with Crippen LogP contribution in [0.15, 0.2) is 89.6 Å². The van der Waals surface area contributed by atoms with Crippen molar-refractivity contribution in [1.29, 1.82) is 0 Å². The number of aryl methyl sites for hydroxylation is 2. The first kappa shape index (κ1) is 26.4. The van der Waals surface area contributed by atoms with Crippen LogP contribution in [0, 0.1) is 31.3 Å². The molecule has 0 bridgehead atoms. The molecule has 6 aromatic rings. The van der Waals surface area contributed by atoms with Crippen molar-refractivity contribution < 1.29 is 36.9 Å². The zero-order valence-electron chi connectivity index (χ0n) is 38.1. The number of hydrogen-bond acceptors (Lipinski definition) is 3. The van der Waals surface area contributed by atoms with Crippen LogP contribution in [-0.2, 0) is 26.1 Å². The Hall–Kier alpha value is -3.37. The molecule has 8 rings (SSSR count). The molecule has 2 fully saturated rings. The first-order valence-electron chi connectivity index (χ1n) is 22.0. The average molecular weight is 864 g/mol. The maximum Gasteiger partial charge on any atom is 0.120 e. The molecule has 3 nitrogen and oxygen atoms in total. The van der Waals surface area contributed by atoms with Crippen LogP contribution < -0.4 is 0 Å². The van der Waals surface area contributed by atoms with Crippen LogP contribution in [0.25, 0.3) is 44.5 Å². The number of para-hydroxylation sites is 1. The summed E-state index contributed by atoms with van der Waals surface area (Å²) in [5.74, 6) is -2.61. The number of pyridine rings is 2. The van der Waals surface area contributed by atoms with Gasteiger partial charge in [0.1, 0.15) is 5.58 Å². The van der Waals surface area contributed by atoms with Gasteiger partial charge < -0.3 is 14.4 Å². The third-order valence-corrected chi connectivity index (χ3v) is 11.1. The summed E-state index contributed by atoms with van der Waals surface area (Å²) in [4.78, 5) is 8.81. The van der Waals surface area contributed by atoms with E-state index in [9.17, 15) is 1.37 Å². The molecular formula is C45H50IrN2OSi-2. The van der Waals surface area contributed by atoms with Crippen molar-refractivity contribution in [3.63, 3.8) is 0 Å². The van der Waals surface area contributed by atoms with E-state index < -0.39 is 33.7 Å². The molecule has 1 spiro atoms. The Morgan fingerprint density at radius 3 is 2.40 bits per heavy atom. The van der Waals surface area contributed by atoms with E-state index >= 15 is 0 Å². The van der Waals surface area contributed by atoms with Crippen LogP contribution in [0.2, 0.25) is 19.6 Å². The second-order valence-corrected chi connectivity index (χ2v) is 19.5. The molecule has 0 N–H and O–H groups in total. The quantitative estimate of drug-likeness (QED) is 0.128. The summed E-state index contributed by atoms with van der Waals surface area (Å²) >= 11 is 0. The van der Waals surface area contributed by atoms with Gasteiger partial charge in [-0.25, -0.2) is 0 Å². The summed E-state index contributed by atoms with van der Waals surface area (Å²) < 4.78 is 80.9. The predicted octanol–water partition coefficient (Wildman–Crippen LogP) is 12.6. The molecular weight excluding hydrogens is 805 g/mol. The number of nitrogens with zero attached hydrogens (tertiary/aromatic N) is 2. The Bertz CT molecular complexity index is 2390. The molecule has 2 aliphatic carbocycles. The summed E-state index contributed by atoms with van der Waals surface area (Å²) in [6, 6.07) is 28.0. The number of benzene rings is 3. The minimum Gasteiger partial charge on any atom is -0.501 e. The molecule has 0 aliphatic heterocycles. The molecule has 261 valence electrons. The van der Waals surface area contributed by atoms with Gasteiger partial charge in [0.2, 0.25) is 0 Å². The summed E-state index contributed by atoms with van der Waals surface area (Å²) in [7, 11) is -2.34. The maximum atomic E-state index is 9.65. The largest absolute Gasteiger partial charge is 0.501 e. The molecule has 2 saturated carbocycles. The molecule has 2 aliphatic rings. The topological polar surface area (TPSA) is 38.9 Å². The van der Waals surface area contributed by atoms with Crippen molar-refractivity contribution in [2.45, 2.75) is 103 Å². The molecule has 3 aromatic heterocycles. The average Bonchev–Trinajstić information content (AvgIpc) is 3.57. The smallest absolute Gasteiger partial charge is 0.120 e. The second-order valence-electron chi connectivity index (χ2n) is 14.8. The van der Waals surface area contributed by atoms with Gasteiger partial charge in [0.25, 0.3) is 0 Å². The molecule has 0 saturated heterocycles. The first-order valence-corrected chi connectivity index (χ1v) is 21.0. The summed E-state index contributed by atoms with van der Waals surface area (Å²) in [6.07, 6.45) is 12.5. The van der Waals surface area contributed by atoms with Gasteiger partial charge in [0.15, 0.2) is 0 Å². The number of fused-ring (bicyclic) bond motifs is 3. The Morgan fingerprint density at radius 2 is 1.70 bits per heavy atom. The summed E-state index contributed by atoms with van der Waals surface area (Å²) in [5.41, 5.74) is 5.51. The molecule has 5 heteroatoms. The van der Waals surface area contributed by atoms with E-state index in [-0.39, 0.29) is 25.7 Å². The van der Waals surface area contributed by atoms with Crippen molar-refractivity contribution in [2.24, 2.45) is 5.41 Å². The predicted molar refractivity (Wildman–Crippen MR) is 208 cm³/mol. The van der Waals surface area contributed by atoms with Gasteiger partial charge >= 0.3 is 0 Å². The Balaban J connectivity index is 0.000000289. The Morgan fingerprint density at radius 1 is 0.900 bits per heavy atom. The van der Waals surface area contributed by atoms with E-state index in [0.29, 0.717) is 57.4 Å². The fourth-order valence-corrected chi connectivity index (χ4v) is 8.50. The van der Waals surface area contributed by atoms with Crippen molar-refractivity contribution in [1.82, 2.24) is 9.97 Å². The van der Waals surface area contributed by atoms with Crippen LogP contribution in [0.1, 0.15) is 98.3 Å². The molecule has 1 radical (unpaired) electrons. The van der Waals surface area contributed by atoms with Crippen molar-refractivity contribution in [2.75, 3.05) is 0 Å². The molecule has 3 heterocycles. The van der Waals surface area contributed by atoms with Crippen LogP contribution in [-0.4, -0.2) is 18.0 Å². The van der Waals surface area contributed by atoms with Gasteiger partial charge in [-0.3, -0.25) is 0 Å². The monoisotopic (exact) mass is 864 g/mol. The van der Waals surface area contributed by atoms with Gasteiger partial charge in [-0.1, -0.05) is 93.1 Å². The van der Waals surface area contributed by atoms with Crippen molar-refractivity contribution >= 4 is 30.0 Å². The third-order valence-electron chi connectivity index (χ3n) is 10.0. The van der Waals surface area contributed by atoms with E-state index in [0.717, 1.165) is 34.9 Å². The minimum absolute atomic E-state index is 0. The number of hydrogen-bond donors (Lipinski definition) is 0. The van der Waals surface area contributed by atoms with Crippen molar-refractivity contribution in [3.8, 4) is 22.5 Å². The first-order chi connectivity index (χ1) is 27.2. The summed E-state index contributed by atoms with van der Waals surface area (Å²) in [6.45, 7) is 1.55. The standard InChI is InChI=1S/C33H40NOSi.C12H10N.Ir/c1-23-21-34-30(20-27(23)25-12-16-33(17-13-25)14-8-5-9-15-33)29-19-24(22-36(2,3)4)18-28-26-10-6-7-11-31(26)35-32(28)29;1-10-5-7-11(8-6-10)12-4-2-3-9-13-12;/h6-7,10-11,18,20-21,25H,5,8-9,12-17,22H2,1-4H3;2-7,9H,1H3;/q2*-1;/i1D3,22D2,25D;1D3;. The molecule has 3 aromatic carbocycles. The van der Waals surface area contributed by atoms with Gasteiger partial charge in [-0.05, 0) is 97.3 Å². The Kier molecular flexibility index (Phi) is 8.17. The third kappa shape index (κ3) is 8.22. The van der Waals surface area contributed by atoms with Crippen molar-refractivity contribution in [3.05, 3.63) is 120 Å². The normalized spacial score (nSPS) is 20.3. The summed E-state index contributed by atoms with van der Waals surface area (Å²) in [5, 5.41) is 1.67. The van der Waals surface area contributed by atoms with E-state index in [1.54, 1.807) is 24.4 Å². The number of furan rings is 1. The molecule has 0 atom stereocenters. The van der Waals surface area contributed by atoms with Gasteiger partial charge in [0, 0.05) is 58.3 Å². The maximum absolute atomic E-state index is 9.65. The van der Waals surface area contributed by atoms with E-state index in [1.165, 1.54) is 44.4 Å².